The first-order chi connectivity index (χ1) is 8.15. The highest BCUT2D eigenvalue weighted by Crippen LogP contribution is 2.24. The van der Waals surface area contributed by atoms with E-state index in [-0.39, 0.29) is 0 Å². The predicted octanol–water partition coefficient (Wildman–Crippen LogP) is 5.22. The molecule has 1 aromatic rings. The SMILES string of the molecule is C=CCCCCCNc1cc(C)c(Br)c(C)c1. The van der Waals surface area contributed by atoms with E-state index in [2.05, 4.69) is 53.8 Å². The molecule has 0 spiro atoms. The molecule has 0 heterocycles. The van der Waals surface area contributed by atoms with Crippen LogP contribution in [0.3, 0.4) is 0 Å². The molecule has 1 rings (SSSR count). The van der Waals surface area contributed by atoms with Crippen LogP contribution in [0.15, 0.2) is 29.3 Å². The van der Waals surface area contributed by atoms with Crippen LogP contribution in [0.4, 0.5) is 5.69 Å². The van der Waals surface area contributed by atoms with Gasteiger partial charge in [0.05, 0.1) is 0 Å². The zero-order valence-corrected chi connectivity index (χ0v) is 12.4. The Kier molecular flexibility index (Phi) is 6.35. The summed E-state index contributed by atoms with van der Waals surface area (Å²) in [7, 11) is 0. The van der Waals surface area contributed by atoms with Crippen molar-refractivity contribution in [2.45, 2.75) is 39.5 Å². The molecule has 1 aromatic carbocycles. The zero-order chi connectivity index (χ0) is 12.7. The Morgan fingerprint density at radius 2 is 1.82 bits per heavy atom. The summed E-state index contributed by atoms with van der Waals surface area (Å²) in [6, 6.07) is 4.39. The van der Waals surface area contributed by atoms with E-state index >= 15 is 0 Å². The van der Waals surface area contributed by atoms with Crippen LogP contribution in [0.2, 0.25) is 0 Å². The molecule has 0 saturated carbocycles. The predicted molar refractivity (Wildman–Crippen MR) is 80.8 cm³/mol. The smallest absolute Gasteiger partial charge is 0.0346 e. The first-order valence-corrected chi connectivity index (χ1v) is 7.06. The quantitative estimate of drug-likeness (QED) is 0.537. The van der Waals surface area contributed by atoms with Gasteiger partial charge in [-0.25, -0.2) is 0 Å². The van der Waals surface area contributed by atoms with Gasteiger partial charge in [-0.15, -0.1) is 6.58 Å². The molecule has 0 radical (unpaired) electrons. The number of nitrogens with one attached hydrogen (secondary N) is 1. The van der Waals surface area contributed by atoms with Gasteiger partial charge in [-0.2, -0.15) is 0 Å². The van der Waals surface area contributed by atoms with Gasteiger partial charge in [0, 0.05) is 16.7 Å². The second kappa shape index (κ2) is 7.54. The molecule has 94 valence electrons. The van der Waals surface area contributed by atoms with Crippen molar-refractivity contribution in [3.8, 4) is 0 Å². The van der Waals surface area contributed by atoms with Crippen molar-refractivity contribution in [3.63, 3.8) is 0 Å². The van der Waals surface area contributed by atoms with Crippen molar-refractivity contribution in [3.05, 3.63) is 40.4 Å². The van der Waals surface area contributed by atoms with Crippen LogP contribution in [0, 0.1) is 13.8 Å². The third-order valence-corrected chi connectivity index (χ3v) is 4.10. The Hall–Kier alpha value is -0.760. The summed E-state index contributed by atoms with van der Waals surface area (Å²) >= 11 is 3.59. The standard InChI is InChI=1S/C15H22BrN/c1-4-5-6-7-8-9-17-14-10-12(2)15(16)13(3)11-14/h4,10-11,17H,1,5-9H2,2-3H3. The second-order valence-electron chi connectivity index (χ2n) is 4.49. The molecule has 0 bridgehead atoms. The van der Waals surface area contributed by atoms with E-state index in [1.54, 1.807) is 0 Å². The molecule has 1 nitrogen and oxygen atoms in total. The van der Waals surface area contributed by atoms with Gasteiger partial charge in [0.2, 0.25) is 0 Å². The molecule has 0 aliphatic carbocycles. The maximum Gasteiger partial charge on any atom is 0.0346 e. The van der Waals surface area contributed by atoms with Gasteiger partial charge >= 0.3 is 0 Å². The van der Waals surface area contributed by atoms with E-state index in [0.717, 1.165) is 13.0 Å². The molecular formula is C15H22BrN. The highest BCUT2D eigenvalue weighted by Gasteiger charge is 2.01. The van der Waals surface area contributed by atoms with Crippen molar-refractivity contribution in [1.82, 2.24) is 0 Å². The summed E-state index contributed by atoms with van der Waals surface area (Å²) < 4.78 is 1.22. The maximum atomic E-state index is 3.73. The lowest BCUT2D eigenvalue weighted by atomic mass is 10.1. The number of unbranched alkanes of at least 4 members (excludes halogenated alkanes) is 3. The lowest BCUT2D eigenvalue weighted by Gasteiger charge is -2.10. The highest BCUT2D eigenvalue weighted by atomic mass is 79.9. The first-order valence-electron chi connectivity index (χ1n) is 6.26. The number of anilines is 1. The number of hydrogen-bond donors (Lipinski definition) is 1. The lowest BCUT2D eigenvalue weighted by Crippen LogP contribution is -2.02. The van der Waals surface area contributed by atoms with Crippen LogP contribution in [0.25, 0.3) is 0 Å². The minimum Gasteiger partial charge on any atom is -0.385 e. The Labute approximate surface area is 113 Å². The average Bonchev–Trinajstić information content (AvgIpc) is 2.30. The fourth-order valence-corrected chi connectivity index (χ4v) is 2.10. The van der Waals surface area contributed by atoms with Gasteiger partial charge in [0.1, 0.15) is 0 Å². The van der Waals surface area contributed by atoms with Crippen LogP contribution < -0.4 is 5.32 Å². The molecule has 1 N–H and O–H groups in total. The van der Waals surface area contributed by atoms with Crippen LogP contribution >= 0.6 is 15.9 Å². The van der Waals surface area contributed by atoms with Gasteiger partial charge < -0.3 is 5.32 Å². The summed E-state index contributed by atoms with van der Waals surface area (Å²) in [5.41, 5.74) is 3.81. The highest BCUT2D eigenvalue weighted by molar-refractivity contribution is 9.10. The van der Waals surface area contributed by atoms with Crippen molar-refractivity contribution >= 4 is 21.6 Å². The fraction of sp³-hybridized carbons (Fsp3) is 0.467. The second-order valence-corrected chi connectivity index (χ2v) is 5.28. The summed E-state index contributed by atoms with van der Waals surface area (Å²) in [5.74, 6) is 0. The third-order valence-electron chi connectivity index (χ3n) is 2.85. The molecule has 0 aliphatic rings. The third kappa shape index (κ3) is 4.95. The van der Waals surface area contributed by atoms with Crippen molar-refractivity contribution in [2.75, 3.05) is 11.9 Å². The molecule has 0 aliphatic heterocycles. The lowest BCUT2D eigenvalue weighted by molar-refractivity contribution is 0.708. The molecular weight excluding hydrogens is 274 g/mol. The molecule has 0 amide bonds. The van der Waals surface area contributed by atoms with Crippen molar-refractivity contribution < 1.29 is 0 Å². The zero-order valence-electron chi connectivity index (χ0n) is 10.9. The molecule has 0 aromatic heterocycles. The van der Waals surface area contributed by atoms with E-state index in [9.17, 15) is 0 Å². The summed E-state index contributed by atoms with van der Waals surface area (Å²) in [6.45, 7) is 9.05. The number of aryl methyl sites for hydroxylation is 2. The van der Waals surface area contributed by atoms with E-state index in [1.807, 2.05) is 6.08 Å². The summed E-state index contributed by atoms with van der Waals surface area (Å²) in [5, 5.41) is 3.48. The van der Waals surface area contributed by atoms with Crippen LogP contribution in [0.5, 0.6) is 0 Å². The average molecular weight is 296 g/mol. The van der Waals surface area contributed by atoms with Gasteiger partial charge in [-0.1, -0.05) is 28.4 Å². The van der Waals surface area contributed by atoms with Gasteiger partial charge in [-0.05, 0) is 56.4 Å². The molecule has 0 atom stereocenters. The van der Waals surface area contributed by atoms with Gasteiger partial charge in [0.25, 0.3) is 0 Å². The summed E-state index contributed by atoms with van der Waals surface area (Å²) in [4.78, 5) is 0. The van der Waals surface area contributed by atoms with Crippen molar-refractivity contribution in [2.24, 2.45) is 0 Å². The monoisotopic (exact) mass is 295 g/mol. The topological polar surface area (TPSA) is 12.0 Å². The number of hydrogen-bond acceptors (Lipinski definition) is 1. The van der Waals surface area contributed by atoms with E-state index < -0.39 is 0 Å². The Morgan fingerprint density at radius 3 is 2.41 bits per heavy atom. The number of benzene rings is 1. The first kappa shape index (κ1) is 14.3. The Morgan fingerprint density at radius 1 is 1.18 bits per heavy atom. The minimum atomic E-state index is 1.05. The van der Waals surface area contributed by atoms with Gasteiger partial charge in [-0.3, -0.25) is 0 Å². The van der Waals surface area contributed by atoms with E-state index in [4.69, 9.17) is 0 Å². The molecule has 2 heteroatoms. The van der Waals surface area contributed by atoms with Crippen molar-refractivity contribution in [1.29, 1.82) is 0 Å². The Balaban J connectivity index is 2.34. The molecule has 0 unspecified atom stereocenters. The minimum absolute atomic E-state index is 1.05. The maximum absolute atomic E-state index is 3.73. The molecule has 17 heavy (non-hydrogen) atoms. The van der Waals surface area contributed by atoms with Crippen LogP contribution in [0.1, 0.15) is 36.8 Å². The number of allylic oxidation sites excluding steroid dienone is 1. The molecule has 0 fully saturated rings. The van der Waals surface area contributed by atoms with E-state index in [1.165, 1.54) is 40.5 Å². The number of halogens is 1. The summed E-state index contributed by atoms with van der Waals surface area (Å²) in [6.07, 6.45) is 6.88. The van der Waals surface area contributed by atoms with Crippen LogP contribution in [-0.2, 0) is 0 Å². The Bertz CT molecular complexity index is 348. The van der Waals surface area contributed by atoms with Gasteiger partial charge in [0.15, 0.2) is 0 Å². The van der Waals surface area contributed by atoms with E-state index in [0.29, 0.717) is 0 Å². The fourth-order valence-electron chi connectivity index (χ4n) is 1.87. The number of rotatable bonds is 7. The van der Waals surface area contributed by atoms with Crippen LogP contribution in [-0.4, -0.2) is 6.54 Å². The molecule has 0 saturated heterocycles. The normalized spacial score (nSPS) is 10.3. The largest absolute Gasteiger partial charge is 0.385 e.